The van der Waals surface area contributed by atoms with E-state index in [9.17, 15) is 0 Å². The fourth-order valence-electron chi connectivity index (χ4n) is 3.27. The van der Waals surface area contributed by atoms with Gasteiger partial charge in [0.1, 0.15) is 5.82 Å². The molecule has 0 bridgehead atoms. The number of rotatable bonds is 5. The number of nitrogens with one attached hydrogen (secondary N) is 3. The maximum absolute atomic E-state index is 4.75. The van der Waals surface area contributed by atoms with E-state index < -0.39 is 0 Å². The summed E-state index contributed by atoms with van der Waals surface area (Å²) >= 11 is 1.82. The number of aromatic amines is 1. The average Bonchev–Trinajstić information content (AvgIpc) is 3.32. The highest BCUT2D eigenvalue weighted by atomic mass is 32.2. The molecule has 4 heterocycles. The van der Waals surface area contributed by atoms with E-state index in [0.29, 0.717) is 17.7 Å². The Labute approximate surface area is 166 Å². The van der Waals surface area contributed by atoms with Crippen LogP contribution in [0.25, 0.3) is 10.9 Å². The van der Waals surface area contributed by atoms with Crippen LogP contribution in [-0.4, -0.2) is 30.4 Å². The quantitative estimate of drug-likeness (QED) is 0.472. The van der Waals surface area contributed by atoms with Crippen molar-refractivity contribution in [2.24, 2.45) is 0 Å². The van der Waals surface area contributed by atoms with Crippen molar-refractivity contribution in [3.8, 4) is 0 Å². The van der Waals surface area contributed by atoms with Crippen molar-refractivity contribution in [1.82, 2.24) is 25.1 Å². The summed E-state index contributed by atoms with van der Waals surface area (Å²) in [5.41, 5.74) is 4.03. The third-order valence-electron chi connectivity index (χ3n) is 4.59. The van der Waals surface area contributed by atoms with Gasteiger partial charge in [0, 0.05) is 28.9 Å². The van der Waals surface area contributed by atoms with Gasteiger partial charge in [0.05, 0.1) is 34.5 Å². The minimum Gasteiger partial charge on any atom is -0.348 e. The Morgan fingerprint density at radius 1 is 1.21 bits per heavy atom. The number of nitrogens with zero attached hydrogens (tertiary/aromatic N) is 4. The summed E-state index contributed by atoms with van der Waals surface area (Å²) in [5, 5.41) is 15.4. The number of H-pyrrole nitrogens is 1. The number of hydrogen-bond donors (Lipinski definition) is 3. The van der Waals surface area contributed by atoms with Gasteiger partial charge in [0.2, 0.25) is 5.95 Å². The number of benzene rings is 1. The predicted molar refractivity (Wildman–Crippen MR) is 112 cm³/mol. The second-order valence-electron chi connectivity index (χ2n) is 6.78. The van der Waals surface area contributed by atoms with Gasteiger partial charge in [-0.2, -0.15) is 10.1 Å². The minimum absolute atomic E-state index is 0.493. The fraction of sp³-hybridized carbons (Fsp3) is 0.200. The normalized spacial score (nSPS) is 15.5. The molecule has 7 nitrogen and oxygen atoms in total. The van der Waals surface area contributed by atoms with Crippen molar-refractivity contribution in [2.45, 2.75) is 30.0 Å². The topological polar surface area (TPSA) is 91.4 Å². The minimum atomic E-state index is 0.493. The highest BCUT2D eigenvalue weighted by Crippen LogP contribution is 2.41. The summed E-state index contributed by atoms with van der Waals surface area (Å²) in [6.07, 6.45) is 4.55. The van der Waals surface area contributed by atoms with E-state index in [4.69, 9.17) is 9.97 Å². The molecule has 8 heteroatoms. The van der Waals surface area contributed by atoms with Crippen molar-refractivity contribution in [1.29, 1.82) is 0 Å². The molecule has 0 saturated heterocycles. The Morgan fingerprint density at radius 2 is 2.18 bits per heavy atom. The number of hydrogen-bond acceptors (Lipinski definition) is 7. The Kier molecular flexibility index (Phi) is 4.32. The summed E-state index contributed by atoms with van der Waals surface area (Å²) in [6.45, 7) is 2.80. The van der Waals surface area contributed by atoms with Gasteiger partial charge in [-0.1, -0.05) is 13.0 Å². The molecule has 3 N–H and O–H groups in total. The molecule has 140 valence electrons. The second kappa shape index (κ2) is 7.12. The molecular formula is C20H19N7S. The lowest BCUT2D eigenvalue weighted by atomic mass is 10.2. The molecule has 0 radical (unpaired) electrons. The van der Waals surface area contributed by atoms with E-state index in [1.54, 1.807) is 6.20 Å². The van der Waals surface area contributed by atoms with Crippen molar-refractivity contribution >= 4 is 40.1 Å². The Bertz CT molecular complexity index is 1130. The molecule has 0 amide bonds. The van der Waals surface area contributed by atoms with E-state index in [-0.39, 0.29) is 0 Å². The largest absolute Gasteiger partial charge is 0.348 e. The van der Waals surface area contributed by atoms with Crippen LogP contribution in [0.15, 0.2) is 53.7 Å². The molecule has 0 saturated carbocycles. The smallest absolute Gasteiger partial charge is 0.225 e. The van der Waals surface area contributed by atoms with Crippen molar-refractivity contribution < 1.29 is 0 Å². The first-order valence-corrected chi connectivity index (χ1v) is 10.0. The van der Waals surface area contributed by atoms with Crippen LogP contribution in [0.1, 0.15) is 18.3 Å². The fourth-order valence-corrected chi connectivity index (χ4v) is 4.38. The highest BCUT2D eigenvalue weighted by Gasteiger charge is 2.25. The Morgan fingerprint density at radius 3 is 3.07 bits per heavy atom. The van der Waals surface area contributed by atoms with Crippen LogP contribution >= 0.6 is 11.8 Å². The molecule has 1 aliphatic heterocycles. The van der Waals surface area contributed by atoms with E-state index in [1.165, 1.54) is 0 Å². The van der Waals surface area contributed by atoms with Gasteiger partial charge in [-0.25, -0.2) is 4.98 Å². The van der Waals surface area contributed by atoms with E-state index >= 15 is 0 Å². The highest BCUT2D eigenvalue weighted by molar-refractivity contribution is 8.00. The zero-order valence-corrected chi connectivity index (χ0v) is 16.1. The van der Waals surface area contributed by atoms with Crippen LogP contribution in [0.5, 0.6) is 0 Å². The van der Waals surface area contributed by atoms with E-state index in [2.05, 4.69) is 38.8 Å². The first-order valence-electron chi connectivity index (χ1n) is 9.16. The lowest BCUT2D eigenvalue weighted by molar-refractivity contribution is 0.889. The lowest BCUT2D eigenvalue weighted by Gasteiger charge is -2.13. The van der Waals surface area contributed by atoms with Gasteiger partial charge in [-0.15, -0.1) is 11.8 Å². The van der Waals surface area contributed by atoms with Crippen molar-refractivity contribution in [2.75, 3.05) is 10.6 Å². The van der Waals surface area contributed by atoms with Crippen LogP contribution in [0.2, 0.25) is 0 Å². The molecule has 5 rings (SSSR count). The van der Waals surface area contributed by atoms with Crippen LogP contribution in [0.3, 0.4) is 0 Å². The summed E-state index contributed by atoms with van der Waals surface area (Å²) < 4.78 is 0. The molecule has 1 aliphatic rings. The SMILES string of the molecule is CC1Cc2nc(NCc3ccccn3)nc(Nc3ccc4[nH]ncc4c3)c2S1. The van der Waals surface area contributed by atoms with Gasteiger partial charge >= 0.3 is 0 Å². The van der Waals surface area contributed by atoms with Gasteiger partial charge in [-0.05, 0) is 30.3 Å². The molecule has 28 heavy (non-hydrogen) atoms. The molecule has 0 spiro atoms. The van der Waals surface area contributed by atoms with Gasteiger partial charge < -0.3 is 10.6 Å². The zero-order valence-electron chi connectivity index (χ0n) is 15.3. The molecule has 1 aromatic carbocycles. The van der Waals surface area contributed by atoms with Crippen molar-refractivity contribution in [3.63, 3.8) is 0 Å². The van der Waals surface area contributed by atoms with Gasteiger partial charge in [0.25, 0.3) is 0 Å². The summed E-state index contributed by atoms with van der Waals surface area (Å²) in [6, 6.07) is 12.0. The van der Waals surface area contributed by atoms with Gasteiger partial charge in [-0.3, -0.25) is 10.1 Å². The van der Waals surface area contributed by atoms with Crippen LogP contribution in [-0.2, 0) is 13.0 Å². The standard InChI is InChI=1S/C20H19N7S/c1-12-8-17-18(28-12)19(24-14-5-6-16-13(9-14)10-23-27-16)26-20(25-17)22-11-15-4-2-3-7-21-15/h2-7,9-10,12H,8,11H2,1H3,(H,23,27)(H2,22,24,25,26). The Balaban J connectivity index is 1.44. The third kappa shape index (κ3) is 3.38. The Hall–Kier alpha value is -3.13. The van der Waals surface area contributed by atoms with E-state index in [0.717, 1.165) is 45.1 Å². The first kappa shape index (κ1) is 17.0. The van der Waals surface area contributed by atoms with E-state index in [1.807, 2.05) is 48.3 Å². The second-order valence-corrected chi connectivity index (χ2v) is 8.22. The predicted octanol–water partition coefficient (Wildman–Crippen LogP) is 4.14. The summed E-state index contributed by atoms with van der Waals surface area (Å²) in [7, 11) is 0. The van der Waals surface area contributed by atoms with Crippen LogP contribution in [0.4, 0.5) is 17.5 Å². The molecule has 1 unspecified atom stereocenters. The number of anilines is 3. The molecule has 0 fully saturated rings. The summed E-state index contributed by atoms with van der Waals surface area (Å²) in [5.74, 6) is 1.46. The molecular weight excluding hydrogens is 370 g/mol. The maximum atomic E-state index is 4.75. The number of thioether (sulfide) groups is 1. The zero-order chi connectivity index (χ0) is 18.9. The summed E-state index contributed by atoms with van der Waals surface area (Å²) in [4.78, 5) is 15.0. The first-order chi connectivity index (χ1) is 13.7. The third-order valence-corrected chi connectivity index (χ3v) is 5.83. The molecule has 4 aromatic rings. The molecule has 1 atom stereocenters. The molecule has 3 aromatic heterocycles. The number of fused-ring (bicyclic) bond motifs is 2. The van der Waals surface area contributed by atoms with Gasteiger partial charge in [0.15, 0.2) is 0 Å². The van der Waals surface area contributed by atoms with Crippen LogP contribution in [0, 0.1) is 0 Å². The van der Waals surface area contributed by atoms with Crippen molar-refractivity contribution in [3.05, 3.63) is 60.2 Å². The number of pyridine rings is 1. The maximum Gasteiger partial charge on any atom is 0.225 e. The average molecular weight is 389 g/mol. The number of aromatic nitrogens is 5. The molecule has 0 aliphatic carbocycles. The lowest BCUT2D eigenvalue weighted by Crippen LogP contribution is -2.08. The monoisotopic (exact) mass is 389 g/mol. The van der Waals surface area contributed by atoms with Crippen LogP contribution < -0.4 is 10.6 Å².